The van der Waals surface area contributed by atoms with Crippen LogP contribution in [0.25, 0.3) is 6.08 Å². The second-order valence-electron chi connectivity index (χ2n) is 8.17. The maximum Gasteiger partial charge on any atom is 0.247 e. The summed E-state index contributed by atoms with van der Waals surface area (Å²) in [5.74, 6) is 0.782. The van der Waals surface area contributed by atoms with E-state index in [1.165, 1.54) is 0 Å². The highest BCUT2D eigenvalue weighted by molar-refractivity contribution is 5.92. The molecule has 1 saturated heterocycles. The molecule has 1 saturated carbocycles. The largest absolute Gasteiger partial charge is 0.496 e. The number of carbonyl (C=O) groups is 1. The lowest BCUT2D eigenvalue weighted by Crippen LogP contribution is -2.56. The normalized spacial score (nSPS) is 26.9. The van der Waals surface area contributed by atoms with Gasteiger partial charge in [0, 0.05) is 24.1 Å². The van der Waals surface area contributed by atoms with E-state index in [0.717, 1.165) is 42.6 Å². The van der Waals surface area contributed by atoms with Gasteiger partial charge in [0.2, 0.25) is 5.91 Å². The van der Waals surface area contributed by atoms with Crippen molar-refractivity contribution < 1.29 is 14.6 Å². The zero-order valence-corrected chi connectivity index (χ0v) is 17.0. The van der Waals surface area contributed by atoms with Crippen LogP contribution in [0.5, 0.6) is 5.75 Å². The molecule has 0 bridgehead atoms. The number of piperidine rings is 1. The van der Waals surface area contributed by atoms with Crippen LogP contribution in [0, 0.1) is 5.92 Å². The Balaban J connectivity index is 1.69. The third kappa shape index (κ3) is 3.95. The van der Waals surface area contributed by atoms with Gasteiger partial charge in [0.05, 0.1) is 18.8 Å². The van der Waals surface area contributed by atoms with Crippen molar-refractivity contribution in [3.63, 3.8) is 0 Å². The molecule has 1 heterocycles. The Bertz CT molecular complexity index is 879. The molecular formula is C25H29NO3. The first-order valence-corrected chi connectivity index (χ1v) is 10.5. The zero-order chi connectivity index (χ0) is 20.3. The minimum absolute atomic E-state index is 0.0163. The maximum absolute atomic E-state index is 13.3. The van der Waals surface area contributed by atoms with Gasteiger partial charge in [0.15, 0.2) is 0 Å². The summed E-state index contributed by atoms with van der Waals surface area (Å²) in [6.07, 6.45) is 8.02. The van der Waals surface area contributed by atoms with Gasteiger partial charge in [-0.15, -0.1) is 0 Å². The summed E-state index contributed by atoms with van der Waals surface area (Å²) in [6.45, 7) is 0.549. The van der Waals surface area contributed by atoms with Crippen LogP contribution in [-0.2, 0) is 4.79 Å². The molecule has 2 aromatic carbocycles. The standard InChI is InChI=1S/C25H29NO3/c1-29-22-13-6-5-11-20(22)24-21-12-7-8-16-25(21,28)17-18-26(24)23(27)15-14-19-9-3-2-4-10-19/h2-6,9-11,13-15,21,24,28H,7-8,12,16-18H2,1H3/t21-,24+,25+/m1/s1. The molecule has 0 radical (unpaired) electrons. The smallest absolute Gasteiger partial charge is 0.247 e. The third-order valence-corrected chi connectivity index (χ3v) is 6.53. The van der Waals surface area contributed by atoms with Gasteiger partial charge in [-0.05, 0) is 37.0 Å². The van der Waals surface area contributed by atoms with Crippen LogP contribution >= 0.6 is 0 Å². The minimum atomic E-state index is -0.705. The average Bonchev–Trinajstić information content (AvgIpc) is 2.77. The van der Waals surface area contributed by atoms with Crippen molar-refractivity contribution in [3.05, 3.63) is 71.8 Å². The van der Waals surface area contributed by atoms with E-state index in [4.69, 9.17) is 4.74 Å². The number of aliphatic hydroxyl groups is 1. The Labute approximate surface area is 172 Å². The Morgan fingerprint density at radius 1 is 1.10 bits per heavy atom. The molecule has 1 aliphatic heterocycles. The number of hydrogen-bond donors (Lipinski definition) is 1. The molecule has 0 aromatic heterocycles. The molecule has 1 amide bonds. The van der Waals surface area contributed by atoms with E-state index < -0.39 is 5.60 Å². The lowest BCUT2D eigenvalue weighted by Gasteiger charge is -2.52. The maximum atomic E-state index is 13.3. The van der Waals surface area contributed by atoms with Crippen molar-refractivity contribution >= 4 is 12.0 Å². The number of benzene rings is 2. The molecule has 1 aliphatic carbocycles. The number of ether oxygens (including phenoxy) is 1. The molecule has 1 N–H and O–H groups in total. The van der Waals surface area contributed by atoms with Crippen molar-refractivity contribution in [2.24, 2.45) is 5.92 Å². The Kier molecular flexibility index (Phi) is 5.72. The first kappa shape index (κ1) is 19.7. The van der Waals surface area contributed by atoms with E-state index in [0.29, 0.717) is 13.0 Å². The Hall–Kier alpha value is -2.59. The summed E-state index contributed by atoms with van der Waals surface area (Å²) in [6, 6.07) is 17.6. The van der Waals surface area contributed by atoms with Crippen molar-refractivity contribution in [2.45, 2.75) is 43.7 Å². The van der Waals surface area contributed by atoms with Crippen LogP contribution in [0.3, 0.4) is 0 Å². The van der Waals surface area contributed by atoms with Gasteiger partial charge in [0.1, 0.15) is 5.75 Å². The first-order valence-electron chi connectivity index (χ1n) is 10.5. The van der Waals surface area contributed by atoms with Crippen LogP contribution in [0.15, 0.2) is 60.7 Å². The fraction of sp³-hybridized carbons (Fsp3) is 0.400. The molecule has 4 nitrogen and oxygen atoms in total. The predicted octanol–water partition coefficient (Wildman–Crippen LogP) is 4.60. The molecule has 2 aromatic rings. The van der Waals surface area contributed by atoms with Crippen LogP contribution < -0.4 is 4.74 Å². The number of para-hydroxylation sites is 1. The van der Waals surface area contributed by atoms with Crippen molar-refractivity contribution in [1.29, 1.82) is 0 Å². The van der Waals surface area contributed by atoms with Gasteiger partial charge < -0.3 is 14.7 Å². The van der Waals surface area contributed by atoms with Gasteiger partial charge in [-0.25, -0.2) is 0 Å². The zero-order valence-electron chi connectivity index (χ0n) is 17.0. The van der Waals surface area contributed by atoms with Crippen molar-refractivity contribution in [2.75, 3.05) is 13.7 Å². The van der Waals surface area contributed by atoms with Gasteiger partial charge in [-0.2, -0.15) is 0 Å². The highest BCUT2D eigenvalue weighted by atomic mass is 16.5. The summed E-state index contributed by atoms with van der Waals surface area (Å²) in [7, 11) is 1.66. The lowest BCUT2D eigenvalue weighted by atomic mass is 9.66. The number of methoxy groups -OCH3 is 1. The Morgan fingerprint density at radius 2 is 1.86 bits per heavy atom. The fourth-order valence-electron chi connectivity index (χ4n) is 5.05. The number of amides is 1. The highest BCUT2D eigenvalue weighted by Crippen LogP contribution is 2.50. The molecule has 152 valence electrons. The highest BCUT2D eigenvalue weighted by Gasteiger charge is 2.50. The quantitative estimate of drug-likeness (QED) is 0.775. The number of rotatable bonds is 4. The molecule has 2 aliphatic rings. The molecule has 3 atom stereocenters. The van der Waals surface area contributed by atoms with E-state index in [2.05, 4.69) is 0 Å². The van der Waals surface area contributed by atoms with Crippen LogP contribution in [0.2, 0.25) is 0 Å². The van der Waals surface area contributed by atoms with E-state index >= 15 is 0 Å². The van der Waals surface area contributed by atoms with Crippen LogP contribution in [0.1, 0.15) is 49.3 Å². The monoisotopic (exact) mass is 391 g/mol. The predicted molar refractivity (Wildman–Crippen MR) is 114 cm³/mol. The van der Waals surface area contributed by atoms with Gasteiger partial charge >= 0.3 is 0 Å². The minimum Gasteiger partial charge on any atom is -0.496 e. The van der Waals surface area contributed by atoms with Gasteiger partial charge in [0.25, 0.3) is 0 Å². The number of carbonyl (C=O) groups excluding carboxylic acids is 1. The fourth-order valence-corrected chi connectivity index (χ4v) is 5.05. The number of likely N-dealkylation sites (tertiary alicyclic amines) is 1. The van der Waals surface area contributed by atoms with E-state index in [1.807, 2.05) is 65.6 Å². The molecule has 0 unspecified atom stereocenters. The van der Waals surface area contributed by atoms with Gasteiger partial charge in [-0.1, -0.05) is 61.4 Å². The second kappa shape index (κ2) is 8.42. The molecular weight excluding hydrogens is 362 g/mol. The molecule has 29 heavy (non-hydrogen) atoms. The molecule has 2 fully saturated rings. The molecule has 4 heteroatoms. The molecule has 4 rings (SSSR count). The van der Waals surface area contributed by atoms with Crippen molar-refractivity contribution in [3.8, 4) is 5.75 Å². The second-order valence-corrected chi connectivity index (χ2v) is 8.17. The summed E-state index contributed by atoms with van der Waals surface area (Å²) in [4.78, 5) is 15.2. The van der Waals surface area contributed by atoms with Gasteiger partial charge in [-0.3, -0.25) is 4.79 Å². The Morgan fingerprint density at radius 3 is 2.66 bits per heavy atom. The van der Waals surface area contributed by atoms with Crippen LogP contribution in [0.4, 0.5) is 0 Å². The van der Waals surface area contributed by atoms with Crippen LogP contribution in [-0.4, -0.2) is 35.2 Å². The summed E-state index contributed by atoms with van der Waals surface area (Å²) >= 11 is 0. The average molecular weight is 392 g/mol. The first-order chi connectivity index (χ1) is 14.1. The third-order valence-electron chi connectivity index (χ3n) is 6.53. The summed E-state index contributed by atoms with van der Waals surface area (Å²) < 4.78 is 5.63. The van der Waals surface area contributed by atoms with E-state index in [9.17, 15) is 9.90 Å². The lowest BCUT2D eigenvalue weighted by molar-refractivity contribution is -0.151. The van der Waals surface area contributed by atoms with E-state index in [1.54, 1.807) is 13.2 Å². The number of nitrogens with zero attached hydrogens (tertiary/aromatic N) is 1. The SMILES string of the molecule is COc1ccccc1[C@H]1[C@H]2CCCC[C@]2(O)CCN1C(=O)C=Cc1ccccc1. The van der Waals surface area contributed by atoms with E-state index in [-0.39, 0.29) is 17.9 Å². The number of fused-ring (bicyclic) bond motifs is 1. The number of hydrogen-bond acceptors (Lipinski definition) is 3. The topological polar surface area (TPSA) is 49.8 Å². The molecule has 0 spiro atoms. The van der Waals surface area contributed by atoms with Crippen molar-refractivity contribution in [1.82, 2.24) is 4.90 Å². The summed E-state index contributed by atoms with van der Waals surface area (Å²) in [5.41, 5.74) is 1.28. The summed E-state index contributed by atoms with van der Waals surface area (Å²) in [5, 5.41) is 11.4.